The molecule has 0 bridgehead atoms. The van der Waals surface area contributed by atoms with Gasteiger partial charge in [-0.05, 0) is 13.3 Å². The van der Waals surface area contributed by atoms with Crippen molar-refractivity contribution in [2.75, 3.05) is 0 Å². The van der Waals surface area contributed by atoms with Crippen molar-refractivity contribution in [3.63, 3.8) is 0 Å². The number of carbonyl (C=O) groups excluding carboxylic acids is 1. The summed E-state index contributed by atoms with van der Waals surface area (Å²) in [6, 6.07) is -0.394. The molecule has 3 heteroatoms. The molecule has 78 valence electrons. The lowest BCUT2D eigenvalue weighted by molar-refractivity contribution is -0.120. The topological polar surface area (TPSA) is 63.3 Å². The minimum Gasteiger partial charge on any atom is -0.392 e. The fourth-order valence-electron chi connectivity index (χ4n) is 1.11. The van der Waals surface area contributed by atoms with Gasteiger partial charge in [-0.3, -0.25) is 4.79 Å². The Morgan fingerprint density at radius 2 is 2.08 bits per heavy atom. The zero-order chi connectivity index (χ0) is 10.3. The largest absolute Gasteiger partial charge is 0.392 e. The zero-order valence-corrected chi connectivity index (χ0v) is 8.62. The quantitative estimate of drug-likeness (QED) is 0.589. The number of nitrogens with two attached hydrogens (primary N) is 1. The van der Waals surface area contributed by atoms with Crippen molar-refractivity contribution in [3.8, 4) is 0 Å². The molecule has 2 atom stereocenters. The molecule has 0 spiro atoms. The summed E-state index contributed by atoms with van der Waals surface area (Å²) in [7, 11) is 0. The van der Waals surface area contributed by atoms with Crippen LogP contribution in [0.3, 0.4) is 0 Å². The van der Waals surface area contributed by atoms with E-state index < -0.39 is 12.1 Å². The Morgan fingerprint density at radius 3 is 2.54 bits per heavy atom. The number of unbranched alkanes of at least 4 members (excludes halogenated alkanes) is 2. The van der Waals surface area contributed by atoms with Gasteiger partial charge in [0.05, 0.1) is 6.10 Å². The van der Waals surface area contributed by atoms with Gasteiger partial charge in [0.2, 0.25) is 0 Å². The van der Waals surface area contributed by atoms with Gasteiger partial charge in [-0.1, -0.05) is 19.8 Å². The van der Waals surface area contributed by atoms with Crippen molar-refractivity contribution in [1.29, 1.82) is 0 Å². The van der Waals surface area contributed by atoms with Crippen molar-refractivity contribution in [3.05, 3.63) is 0 Å². The second-order valence-corrected chi connectivity index (χ2v) is 3.60. The highest BCUT2D eigenvalue weighted by atomic mass is 16.3. The van der Waals surface area contributed by atoms with E-state index >= 15 is 0 Å². The van der Waals surface area contributed by atoms with E-state index in [0.29, 0.717) is 12.8 Å². The maximum absolute atomic E-state index is 11.2. The molecular weight excluding hydrogens is 166 g/mol. The predicted molar refractivity (Wildman–Crippen MR) is 53.4 cm³/mol. The third-order valence-corrected chi connectivity index (χ3v) is 2.14. The van der Waals surface area contributed by atoms with Gasteiger partial charge in [0.1, 0.15) is 5.78 Å². The normalized spacial score (nSPS) is 15.4. The zero-order valence-electron chi connectivity index (χ0n) is 8.62. The minimum atomic E-state index is -0.588. The number of carbonyl (C=O) groups is 1. The Bertz CT molecular complexity index is 146. The van der Waals surface area contributed by atoms with Gasteiger partial charge in [-0.2, -0.15) is 0 Å². The SMILES string of the molecule is CCCCCC(=O)CC(N)C(C)O. The van der Waals surface area contributed by atoms with Gasteiger partial charge in [0.25, 0.3) is 0 Å². The summed E-state index contributed by atoms with van der Waals surface area (Å²) in [6.45, 7) is 3.72. The Hall–Kier alpha value is -0.410. The monoisotopic (exact) mass is 187 g/mol. The summed E-state index contributed by atoms with van der Waals surface area (Å²) in [5, 5.41) is 9.06. The van der Waals surface area contributed by atoms with Crippen LogP contribution in [-0.2, 0) is 4.79 Å². The number of hydrogen-bond acceptors (Lipinski definition) is 3. The lowest BCUT2D eigenvalue weighted by Gasteiger charge is -2.13. The molecule has 0 rings (SSSR count). The summed E-state index contributed by atoms with van der Waals surface area (Å²) in [5.41, 5.74) is 5.55. The van der Waals surface area contributed by atoms with E-state index in [2.05, 4.69) is 6.92 Å². The van der Waals surface area contributed by atoms with Gasteiger partial charge in [-0.15, -0.1) is 0 Å². The van der Waals surface area contributed by atoms with E-state index in [1.54, 1.807) is 6.92 Å². The van der Waals surface area contributed by atoms with Crippen LogP contribution in [0.1, 0.15) is 46.0 Å². The molecule has 0 aliphatic heterocycles. The molecule has 2 unspecified atom stereocenters. The fraction of sp³-hybridized carbons (Fsp3) is 0.900. The molecule has 0 fully saturated rings. The summed E-state index contributed by atoms with van der Waals surface area (Å²) >= 11 is 0. The van der Waals surface area contributed by atoms with Gasteiger partial charge in [-0.25, -0.2) is 0 Å². The molecule has 0 aliphatic rings. The summed E-state index contributed by atoms with van der Waals surface area (Å²) in [4.78, 5) is 11.2. The van der Waals surface area contributed by atoms with Crippen LogP contribution in [0, 0.1) is 0 Å². The highest BCUT2D eigenvalue weighted by molar-refractivity contribution is 5.78. The lowest BCUT2D eigenvalue weighted by Crippen LogP contribution is -2.34. The van der Waals surface area contributed by atoms with E-state index in [4.69, 9.17) is 10.8 Å². The third kappa shape index (κ3) is 6.72. The van der Waals surface area contributed by atoms with E-state index in [9.17, 15) is 4.79 Å². The van der Waals surface area contributed by atoms with Crippen LogP contribution in [0.5, 0.6) is 0 Å². The maximum Gasteiger partial charge on any atom is 0.134 e. The third-order valence-electron chi connectivity index (χ3n) is 2.14. The Labute approximate surface area is 80.3 Å². The average molecular weight is 187 g/mol. The molecule has 0 amide bonds. The van der Waals surface area contributed by atoms with E-state index in [1.807, 2.05) is 0 Å². The van der Waals surface area contributed by atoms with Gasteiger partial charge < -0.3 is 10.8 Å². The number of aliphatic hydroxyl groups is 1. The number of hydrogen-bond donors (Lipinski definition) is 2. The Balaban J connectivity index is 3.50. The maximum atomic E-state index is 11.2. The number of Topliss-reactive ketones (excluding diaryl/α,β-unsaturated/α-hetero) is 1. The summed E-state index contributed by atoms with van der Waals surface area (Å²) in [5.74, 6) is 0.168. The molecule has 0 radical (unpaired) electrons. The number of rotatable bonds is 7. The standard InChI is InChI=1S/C10H21NO2/c1-3-4-5-6-9(13)7-10(11)8(2)12/h8,10,12H,3-7,11H2,1-2H3. The molecular formula is C10H21NO2. The smallest absolute Gasteiger partial charge is 0.134 e. The van der Waals surface area contributed by atoms with Gasteiger partial charge >= 0.3 is 0 Å². The Morgan fingerprint density at radius 1 is 1.46 bits per heavy atom. The molecule has 0 aromatic heterocycles. The summed E-state index contributed by atoms with van der Waals surface area (Å²) < 4.78 is 0. The van der Waals surface area contributed by atoms with Crippen molar-refractivity contribution >= 4 is 5.78 Å². The van der Waals surface area contributed by atoms with Crippen LogP contribution in [0.4, 0.5) is 0 Å². The summed E-state index contributed by atoms with van der Waals surface area (Å²) in [6.07, 6.45) is 3.48. The van der Waals surface area contributed by atoms with E-state index in [1.165, 1.54) is 0 Å². The second kappa shape index (κ2) is 7.04. The molecule has 0 aromatic rings. The van der Waals surface area contributed by atoms with Gasteiger partial charge in [0.15, 0.2) is 0 Å². The van der Waals surface area contributed by atoms with Crippen LogP contribution in [0.25, 0.3) is 0 Å². The first kappa shape index (κ1) is 12.6. The predicted octanol–water partition coefficient (Wildman–Crippen LogP) is 1.23. The van der Waals surface area contributed by atoms with Crippen molar-refractivity contribution < 1.29 is 9.90 Å². The van der Waals surface area contributed by atoms with Crippen LogP contribution in [-0.4, -0.2) is 23.0 Å². The Kier molecular flexibility index (Phi) is 6.82. The van der Waals surface area contributed by atoms with Crippen molar-refractivity contribution in [2.45, 2.75) is 58.1 Å². The molecule has 0 aromatic carbocycles. The highest BCUT2D eigenvalue weighted by Crippen LogP contribution is 2.04. The second-order valence-electron chi connectivity index (χ2n) is 3.60. The average Bonchev–Trinajstić information content (AvgIpc) is 2.04. The molecule has 0 saturated heterocycles. The van der Waals surface area contributed by atoms with Crippen molar-refractivity contribution in [2.24, 2.45) is 5.73 Å². The number of ketones is 1. The highest BCUT2D eigenvalue weighted by Gasteiger charge is 2.13. The van der Waals surface area contributed by atoms with Gasteiger partial charge in [0, 0.05) is 18.9 Å². The molecule has 0 aliphatic carbocycles. The molecule has 0 heterocycles. The molecule has 0 saturated carbocycles. The van der Waals surface area contributed by atoms with Crippen LogP contribution in [0.15, 0.2) is 0 Å². The lowest BCUT2D eigenvalue weighted by atomic mass is 10.0. The van der Waals surface area contributed by atoms with Crippen LogP contribution in [0.2, 0.25) is 0 Å². The van der Waals surface area contributed by atoms with E-state index in [0.717, 1.165) is 19.3 Å². The minimum absolute atomic E-state index is 0.168. The van der Waals surface area contributed by atoms with Crippen LogP contribution < -0.4 is 5.73 Å². The first-order chi connectivity index (χ1) is 6.07. The number of aliphatic hydroxyl groups excluding tert-OH is 1. The first-order valence-corrected chi connectivity index (χ1v) is 5.03. The van der Waals surface area contributed by atoms with Crippen molar-refractivity contribution in [1.82, 2.24) is 0 Å². The van der Waals surface area contributed by atoms with E-state index in [-0.39, 0.29) is 5.78 Å². The molecule has 3 nitrogen and oxygen atoms in total. The molecule has 13 heavy (non-hydrogen) atoms. The first-order valence-electron chi connectivity index (χ1n) is 5.03. The fourth-order valence-corrected chi connectivity index (χ4v) is 1.11. The van der Waals surface area contributed by atoms with Crippen LogP contribution >= 0.6 is 0 Å². The molecule has 3 N–H and O–H groups in total.